The number of allylic oxidation sites excluding steroid dienone is 1. The number of esters is 2. The molecule has 0 bridgehead atoms. The molecule has 0 saturated carbocycles. The number of ketones is 1. The van der Waals surface area contributed by atoms with E-state index < -0.39 is 47.6 Å². The molecule has 2 rings (SSSR count). The Balaban J connectivity index is 2.48. The lowest BCUT2D eigenvalue weighted by molar-refractivity contribution is -0.181. The van der Waals surface area contributed by atoms with E-state index in [1.165, 1.54) is 6.08 Å². The van der Waals surface area contributed by atoms with Crippen LogP contribution in [0.5, 0.6) is 0 Å². The summed E-state index contributed by atoms with van der Waals surface area (Å²) < 4.78 is 10.9. The summed E-state index contributed by atoms with van der Waals surface area (Å²) in [6.45, 7) is 10.4. The van der Waals surface area contributed by atoms with Crippen molar-refractivity contribution in [1.82, 2.24) is 0 Å². The van der Waals surface area contributed by atoms with E-state index in [0.717, 1.165) is 6.92 Å². The molecule has 1 saturated heterocycles. The fourth-order valence-electron chi connectivity index (χ4n) is 3.45. The van der Waals surface area contributed by atoms with E-state index in [1.54, 1.807) is 6.08 Å². The van der Waals surface area contributed by atoms with E-state index in [2.05, 4.69) is 6.58 Å². The highest BCUT2D eigenvalue weighted by Gasteiger charge is 2.53. The van der Waals surface area contributed by atoms with Gasteiger partial charge < -0.3 is 19.7 Å². The third-order valence-corrected chi connectivity index (χ3v) is 5.09. The van der Waals surface area contributed by atoms with E-state index in [0.29, 0.717) is 6.42 Å². The molecule has 1 aliphatic heterocycles. The third-order valence-electron chi connectivity index (χ3n) is 5.09. The van der Waals surface area contributed by atoms with E-state index in [-0.39, 0.29) is 23.8 Å². The van der Waals surface area contributed by atoms with Gasteiger partial charge in [-0.2, -0.15) is 0 Å². The number of aliphatic hydroxyl groups is 2. The second-order valence-corrected chi connectivity index (χ2v) is 8.08. The molecule has 0 unspecified atom stereocenters. The van der Waals surface area contributed by atoms with Crippen molar-refractivity contribution in [2.45, 2.75) is 64.4 Å². The first-order chi connectivity index (χ1) is 12.4. The van der Waals surface area contributed by atoms with Gasteiger partial charge in [-0.25, -0.2) is 4.79 Å². The van der Waals surface area contributed by atoms with Crippen LogP contribution < -0.4 is 0 Å². The molecule has 2 N–H and O–H groups in total. The van der Waals surface area contributed by atoms with Crippen molar-refractivity contribution in [3.63, 3.8) is 0 Å². The minimum Gasteiger partial charge on any atom is -0.459 e. The van der Waals surface area contributed by atoms with Gasteiger partial charge in [0, 0.05) is 12.0 Å². The minimum atomic E-state index is -2.20. The number of carbonyl (C=O) groups is 3. The molecule has 7 nitrogen and oxygen atoms in total. The van der Waals surface area contributed by atoms with Gasteiger partial charge in [0.15, 0.2) is 11.4 Å². The summed E-state index contributed by atoms with van der Waals surface area (Å²) >= 11 is 0. The van der Waals surface area contributed by atoms with Gasteiger partial charge in [-0.1, -0.05) is 33.4 Å². The molecule has 0 radical (unpaired) electrons. The highest BCUT2D eigenvalue weighted by molar-refractivity contribution is 5.97. The molecule has 27 heavy (non-hydrogen) atoms. The van der Waals surface area contributed by atoms with E-state index in [1.807, 2.05) is 20.8 Å². The van der Waals surface area contributed by atoms with E-state index in [4.69, 9.17) is 9.47 Å². The Kier molecular flexibility index (Phi) is 6.27. The number of ether oxygens (including phenoxy) is 2. The van der Waals surface area contributed by atoms with Gasteiger partial charge in [0.2, 0.25) is 0 Å². The second kappa shape index (κ2) is 7.94. The Morgan fingerprint density at radius 2 is 2.07 bits per heavy atom. The maximum atomic E-state index is 12.4. The quantitative estimate of drug-likeness (QED) is 0.561. The van der Waals surface area contributed by atoms with Crippen molar-refractivity contribution in [2.24, 2.45) is 17.8 Å². The van der Waals surface area contributed by atoms with Crippen molar-refractivity contribution >= 4 is 17.7 Å². The van der Waals surface area contributed by atoms with Gasteiger partial charge in [-0.3, -0.25) is 9.59 Å². The molecule has 0 aromatic rings. The number of fused-ring (bicyclic) bond motifs is 1. The summed E-state index contributed by atoms with van der Waals surface area (Å²) in [5, 5.41) is 21.5. The van der Waals surface area contributed by atoms with E-state index >= 15 is 0 Å². The molecule has 0 aromatic carbocycles. The predicted molar refractivity (Wildman–Crippen MR) is 96.4 cm³/mol. The van der Waals surface area contributed by atoms with Crippen molar-refractivity contribution in [3.8, 4) is 0 Å². The number of hydrogen-bond acceptors (Lipinski definition) is 7. The molecule has 1 fully saturated rings. The Morgan fingerprint density at radius 3 is 2.67 bits per heavy atom. The molecule has 6 atom stereocenters. The summed E-state index contributed by atoms with van der Waals surface area (Å²) in [6.07, 6.45) is -0.510. The molecule has 1 aliphatic carbocycles. The molecule has 0 spiro atoms. The zero-order chi connectivity index (χ0) is 20.5. The average molecular weight is 380 g/mol. The summed E-state index contributed by atoms with van der Waals surface area (Å²) in [4.78, 5) is 36.8. The summed E-state index contributed by atoms with van der Waals surface area (Å²) in [5.74, 6) is -2.91. The molecule has 7 heteroatoms. The highest BCUT2D eigenvalue weighted by Crippen LogP contribution is 2.39. The molecular weight excluding hydrogens is 352 g/mol. The fraction of sp³-hybridized carbons (Fsp3) is 0.650. The van der Waals surface area contributed by atoms with Gasteiger partial charge in [0.05, 0.1) is 5.92 Å². The number of rotatable bonds is 3. The van der Waals surface area contributed by atoms with Crippen LogP contribution in [-0.2, 0) is 23.9 Å². The first-order valence-electron chi connectivity index (χ1n) is 9.17. The first kappa shape index (κ1) is 21.3. The van der Waals surface area contributed by atoms with Crippen LogP contribution in [0.15, 0.2) is 24.3 Å². The molecule has 0 aromatic heterocycles. The standard InChI is InChI=1S/C20H28O7/c1-10(2)8-15(22)27-17-16-12(4)19(24)26-13(16)9-11(3)6-7-14(21)20(5,25)18(17)23/h6-7,10-11,13,16-18,23,25H,4,8-9H2,1-3,5H3/b7-6-/t11-,13-,16+,17+,18+,20+/m1/s1. The number of aliphatic hydroxyl groups excluding tert-OH is 1. The Bertz CT molecular complexity index is 661. The van der Waals surface area contributed by atoms with Gasteiger partial charge in [0.25, 0.3) is 0 Å². The van der Waals surface area contributed by atoms with Crippen molar-refractivity contribution in [1.29, 1.82) is 0 Å². The number of carbonyl (C=O) groups excluding carboxylic acids is 3. The smallest absolute Gasteiger partial charge is 0.334 e. The van der Waals surface area contributed by atoms with E-state index in [9.17, 15) is 24.6 Å². The van der Waals surface area contributed by atoms with Gasteiger partial charge >= 0.3 is 11.9 Å². The Morgan fingerprint density at radius 1 is 1.44 bits per heavy atom. The van der Waals surface area contributed by atoms with Crippen LogP contribution in [0.1, 0.15) is 40.5 Å². The highest BCUT2D eigenvalue weighted by atomic mass is 16.6. The normalized spacial score (nSPS) is 38.3. The fourth-order valence-corrected chi connectivity index (χ4v) is 3.45. The Labute approximate surface area is 159 Å². The van der Waals surface area contributed by atoms with Crippen molar-refractivity contribution < 1.29 is 34.1 Å². The van der Waals surface area contributed by atoms with Crippen LogP contribution in [0.3, 0.4) is 0 Å². The first-order valence-corrected chi connectivity index (χ1v) is 9.17. The molecule has 2 aliphatic rings. The zero-order valence-corrected chi connectivity index (χ0v) is 16.2. The van der Waals surface area contributed by atoms with Crippen LogP contribution in [0.4, 0.5) is 0 Å². The third kappa shape index (κ3) is 4.47. The molecule has 150 valence electrons. The lowest BCUT2D eigenvalue weighted by atomic mass is 9.77. The monoisotopic (exact) mass is 380 g/mol. The molecule has 1 heterocycles. The summed E-state index contributed by atoms with van der Waals surface area (Å²) in [6, 6.07) is 0. The number of hydrogen-bond donors (Lipinski definition) is 2. The van der Waals surface area contributed by atoms with Crippen LogP contribution >= 0.6 is 0 Å². The lowest BCUT2D eigenvalue weighted by Gasteiger charge is -2.37. The van der Waals surface area contributed by atoms with Gasteiger partial charge in [-0.15, -0.1) is 0 Å². The maximum absolute atomic E-state index is 12.4. The summed E-state index contributed by atoms with van der Waals surface area (Å²) in [7, 11) is 0. The Hall–Kier alpha value is -1.99. The SMILES string of the molecule is C=C1C(=O)O[C@@H]2C[C@H](C)/C=C\C(=O)[C@](C)(O)[C@@H](O)[C@@H](OC(=O)CC(C)C)[C@@H]12. The van der Waals surface area contributed by atoms with Crippen LogP contribution in [0, 0.1) is 17.8 Å². The average Bonchev–Trinajstić information content (AvgIpc) is 2.82. The largest absolute Gasteiger partial charge is 0.459 e. The zero-order valence-electron chi connectivity index (χ0n) is 16.2. The van der Waals surface area contributed by atoms with Crippen LogP contribution in [-0.4, -0.2) is 51.8 Å². The second-order valence-electron chi connectivity index (χ2n) is 8.08. The van der Waals surface area contributed by atoms with Gasteiger partial charge in [-0.05, 0) is 31.3 Å². The minimum absolute atomic E-state index is 0.0136. The molecular formula is C20H28O7. The van der Waals surface area contributed by atoms with Crippen molar-refractivity contribution in [3.05, 3.63) is 24.3 Å². The predicted octanol–water partition coefficient (Wildman–Crippen LogP) is 1.32. The maximum Gasteiger partial charge on any atom is 0.334 e. The van der Waals surface area contributed by atoms with Crippen molar-refractivity contribution in [2.75, 3.05) is 0 Å². The summed E-state index contributed by atoms with van der Waals surface area (Å²) in [5.41, 5.74) is -2.14. The van der Waals surface area contributed by atoms with Crippen LogP contribution in [0.25, 0.3) is 0 Å². The van der Waals surface area contributed by atoms with Gasteiger partial charge in [0.1, 0.15) is 18.3 Å². The topological polar surface area (TPSA) is 110 Å². The van der Waals surface area contributed by atoms with Crippen LogP contribution in [0.2, 0.25) is 0 Å². The molecule has 0 amide bonds. The lowest BCUT2D eigenvalue weighted by Crippen LogP contribution is -2.56.